The molecule has 0 radical (unpaired) electrons. The first-order chi connectivity index (χ1) is 28.7. The third kappa shape index (κ3) is 11.1. The second-order valence-corrected chi connectivity index (χ2v) is 14.8. The van der Waals surface area contributed by atoms with Gasteiger partial charge in [-0.3, -0.25) is 19.2 Å². The molecule has 2 fully saturated rings. The van der Waals surface area contributed by atoms with E-state index in [-0.39, 0.29) is 48.1 Å². The maximum Gasteiger partial charge on any atom is 0.251 e. The van der Waals surface area contributed by atoms with Crippen LogP contribution in [0.4, 0.5) is 11.4 Å². The molecule has 0 bridgehead atoms. The minimum Gasteiger partial charge on any atom is -0.493 e. The van der Waals surface area contributed by atoms with Crippen molar-refractivity contribution in [1.82, 2.24) is 56.2 Å². The monoisotopic (exact) mass is 803 g/mol. The second-order valence-electron chi connectivity index (χ2n) is 14.8. The Morgan fingerprint density at radius 2 is 1.24 bits per heavy atom. The molecular weight excluding hydrogens is 755 g/mol. The molecule has 4 heterocycles. The van der Waals surface area contributed by atoms with Gasteiger partial charge in [-0.2, -0.15) is 0 Å². The van der Waals surface area contributed by atoms with Crippen molar-refractivity contribution in [2.24, 2.45) is 0 Å². The lowest BCUT2D eigenvalue weighted by atomic mass is 10.1. The first kappa shape index (κ1) is 40.7. The first-order valence-electron chi connectivity index (χ1n) is 19.8. The van der Waals surface area contributed by atoms with Crippen LogP contribution in [0.15, 0.2) is 79.1 Å². The highest BCUT2D eigenvalue weighted by Gasteiger charge is 2.23. The van der Waals surface area contributed by atoms with E-state index in [1.165, 1.54) is 6.07 Å². The highest BCUT2D eigenvalue weighted by molar-refractivity contribution is 6.00. The molecule has 2 aliphatic heterocycles. The summed E-state index contributed by atoms with van der Waals surface area (Å²) in [5.74, 6) is -0.635. The summed E-state index contributed by atoms with van der Waals surface area (Å²) in [4.78, 5) is 54.3. The quantitative estimate of drug-likeness (QED) is 0.0749. The lowest BCUT2D eigenvalue weighted by molar-refractivity contribution is -0.118. The number of carbonyl (C=O) groups excluding carboxylic acids is 4. The number of benzene rings is 3. The van der Waals surface area contributed by atoms with E-state index in [0.717, 1.165) is 51.7 Å². The number of nitrogens with one attached hydrogen (secondary N) is 6. The van der Waals surface area contributed by atoms with Crippen molar-refractivity contribution in [3.63, 3.8) is 0 Å². The molecule has 3 aromatic carbocycles. The number of rotatable bonds is 17. The summed E-state index contributed by atoms with van der Waals surface area (Å²) < 4.78 is 9.14. The fraction of sp³-hybridized carbons (Fsp3) is 0.366. The predicted octanol–water partition coefficient (Wildman–Crippen LogP) is 2.42. The Morgan fingerprint density at radius 3 is 1.69 bits per heavy atom. The lowest BCUT2D eigenvalue weighted by Gasteiger charge is -2.13. The largest absolute Gasteiger partial charge is 0.493 e. The van der Waals surface area contributed by atoms with Gasteiger partial charge in [0.25, 0.3) is 11.8 Å². The molecule has 0 spiro atoms. The molecule has 59 heavy (non-hydrogen) atoms. The molecule has 2 saturated heterocycles. The highest BCUT2D eigenvalue weighted by Crippen LogP contribution is 2.20. The number of hydrogen-bond donors (Lipinski definition) is 6. The Hall–Kier alpha value is -6.50. The van der Waals surface area contributed by atoms with E-state index in [9.17, 15) is 19.2 Å². The van der Waals surface area contributed by atoms with Crippen LogP contribution in [-0.4, -0.2) is 111 Å². The Labute approximate surface area is 341 Å². The van der Waals surface area contributed by atoms with Crippen molar-refractivity contribution in [3.05, 3.63) is 102 Å². The maximum atomic E-state index is 13.5. The Balaban J connectivity index is 0.975. The van der Waals surface area contributed by atoms with E-state index in [4.69, 9.17) is 4.74 Å². The number of hydrogen-bond acceptors (Lipinski definition) is 12. The predicted molar refractivity (Wildman–Crippen MR) is 219 cm³/mol. The second kappa shape index (κ2) is 19.3. The summed E-state index contributed by atoms with van der Waals surface area (Å²) in [6, 6.07) is 18.9. The van der Waals surface area contributed by atoms with Crippen LogP contribution in [0.3, 0.4) is 0 Å². The zero-order valence-electron chi connectivity index (χ0n) is 33.1. The van der Waals surface area contributed by atoms with Crippen LogP contribution >= 0.6 is 0 Å². The van der Waals surface area contributed by atoms with Crippen molar-refractivity contribution in [2.45, 2.75) is 57.3 Å². The van der Waals surface area contributed by atoms with E-state index >= 15 is 0 Å². The Kier molecular flexibility index (Phi) is 13.3. The van der Waals surface area contributed by atoms with Crippen LogP contribution in [-0.2, 0) is 22.7 Å². The minimum absolute atomic E-state index is 0.0702. The number of nitrogens with zero attached hydrogens (tertiary/aromatic N) is 7. The van der Waals surface area contributed by atoms with Crippen LogP contribution in [0.2, 0.25) is 0 Å². The van der Waals surface area contributed by atoms with E-state index in [2.05, 4.69) is 52.5 Å². The summed E-state index contributed by atoms with van der Waals surface area (Å²) in [6.07, 6.45) is 7.68. The summed E-state index contributed by atoms with van der Waals surface area (Å²) in [7, 11) is 3.95. The molecule has 4 amide bonds. The molecule has 6 N–H and O–H groups in total. The molecule has 0 saturated carbocycles. The van der Waals surface area contributed by atoms with Crippen LogP contribution < -0.4 is 36.6 Å². The Bertz CT molecular complexity index is 2110. The van der Waals surface area contributed by atoms with Crippen molar-refractivity contribution in [3.8, 4) is 17.1 Å². The van der Waals surface area contributed by atoms with Gasteiger partial charge in [-0.05, 0) is 114 Å². The molecule has 18 nitrogen and oxygen atoms in total. The van der Waals surface area contributed by atoms with Gasteiger partial charge in [-0.15, -0.1) is 10.2 Å². The standard InChI is InChI=1S/C41H49N13O5/c1-52(2)16-7-17-59-35-19-27(38(55)44-23-31-25-53(50-48-31)33-10-3-8-29(21-33)46-40(57)36-12-5-14-42-36)18-28(20-35)39(56)45-24-32-26-54(51-49-32)34-11-4-9-30(22-34)47-41(58)37-13-6-15-43-37/h3-4,8-11,18-22,25-26,36-37,42-43H,5-7,12-17,23-24H2,1-2H3,(H,44,55)(H,45,56)(H,46,57)(H,47,58). The molecule has 2 unspecified atom stereocenters. The van der Waals surface area contributed by atoms with Gasteiger partial charge in [0.15, 0.2) is 0 Å². The fourth-order valence-electron chi connectivity index (χ4n) is 6.80. The van der Waals surface area contributed by atoms with Gasteiger partial charge in [-0.25, -0.2) is 9.36 Å². The van der Waals surface area contributed by atoms with E-state index < -0.39 is 11.8 Å². The number of ether oxygens (including phenoxy) is 1. The SMILES string of the molecule is CN(C)CCCOc1cc(C(=O)NCc2cn(-c3cccc(NC(=O)C4CCCN4)c3)nn2)cc(C(=O)NCc2cn(-c3cccc(NC(=O)C4CCCN4)c3)nn2)c1. The molecule has 2 aliphatic rings. The van der Waals surface area contributed by atoms with Gasteiger partial charge in [0.2, 0.25) is 11.8 Å². The normalized spacial score (nSPS) is 16.2. The first-order valence-corrected chi connectivity index (χ1v) is 19.8. The van der Waals surface area contributed by atoms with Crippen LogP contribution in [0.25, 0.3) is 11.4 Å². The van der Waals surface area contributed by atoms with Crippen molar-refractivity contribution >= 4 is 35.0 Å². The average Bonchev–Trinajstić information content (AvgIpc) is 4.09. The topological polar surface area (TPSA) is 214 Å². The minimum atomic E-state index is -0.432. The average molecular weight is 804 g/mol. The van der Waals surface area contributed by atoms with Crippen molar-refractivity contribution < 1.29 is 23.9 Å². The van der Waals surface area contributed by atoms with Gasteiger partial charge in [0, 0.05) is 29.0 Å². The van der Waals surface area contributed by atoms with Crippen molar-refractivity contribution in [2.75, 3.05) is 51.0 Å². The van der Waals surface area contributed by atoms with Crippen LogP contribution in [0.5, 0.6) is 5.75 Å². The van der Waals surface area contributed by atoms with Gasteiger partial charge in [0.1, 0.15) is 17.1 Å². The smallest absolute Gasteiger partial charge is 0.251 e. The maximum absolute atomic E-state index is 13.5. The summed E-state index contributed by atoms with van der Waals surface area (Å²) >= 11 is 0. The highest BCUT2D eigenvalue weighted by atomic mass is 16.5. The van der Waals surface area contributed by atoms with Crippen LogP contribution in [0, 0.1) is 0 Å². The molecule has 2 atom stereocenters. The zero-order chi connectivity index (χ0) is 41.1. The number of carbonyl (C=O) groups is 4. The molecule has 2 aromatic heterocycles. The lowest BCUT2D eigenvalue weighted by Crippen LogP contribution is -2.35. The van der Waals surface area contributed by atoms with Crippen LogP contribution in [0.1, 0.15) is 64.2 Å². The van der Waals surface area contributed by atoms with E-state index in [0.29, 0.717) is 46.5 Å². The van der Waals surface area contributed by atoms with E-state index in [1.807, 2.05) is 55.4 Å². The van der Waals surface area contributed by atoms with Gasteiger partial charge in [0.05, 0.1) is 55.5 Å². The Morgan fingerprint density at radius 1 is 0.729 bits per heavy atom. The molecule has 5 aromatic rings. The molecule has 18 heteroatoms. The fourth-order valence-corrected chi connectivity index (χ4v) is 6.80. The van der Waals surface area contributed by atoms with Gasteiger partial charge >= 0.3 is 0 Å². The molecule has 0 aliphatic carbocycles. The molecular formula is C41H49N13O5. The summed E-state index contributed by atoms with van der Waals surface area (Å²) in [5.41, 5.74) is 4.13. The number of anilines is 2. The number of aromatic nitrogens is 6. The summed E-state index contributed by atoms with van der Waals surface area (Å²) in [5, 5.41) is 34.9. The van der Waals surface area contributed by atoms with E-state index in [1.54, 1.807) is 46.0 Å². The third-order valence-electron chi connectivity index (χ3n) is 9.90. The summed E-state index contributed by atoms with van der Waals surface area (Å²) in [6.45, 7) is 3.00. The molecule has 7 rings (SSSR count). The molecule has 308 valence electrons. The number of amides is 4. The van der Waals surface area contributed by atoms with Crippen molar-refractivity contribution in [1.29, 1.82) is 0 Å². The van der Waals surface area contributed by atoms with Gasteiger partial charge in [-0.1, -0.05) is 22.6 Å². The third-order valence-corrected chi connectivity index (χ3v) is 9.90. The zero-order valence-corrected chi connectivity index (χ0v) is 33.1. The van der Waals surface area contributed by atoms with Gasteiger partial charge < -0.3 is 41.5 Å².